The number of aromatic nitrogens is 5. The fourth-order valence-electron chi connectivity index (χ4n) is 6.35. The van der Waals surface area contributed by atoms with E-state index in [-0.39, 0.29) is 11.4 Å². The molecule has 1 N–H and O–H groups in total. The number of hydrogen-bond acceptors (Lipinski definition) is 7. The molecule has 1 aromatic carbocycles. The molecule has 1 aliphatic carbocycles. The molecular weight excluding hydrogens is 775 g/mol. The lowest BCUT2D eigenvalue weighted by Gasteiger charge is -2.52. The van der Waals surface area contributed by atoms with Gasteiger partial charge in [-0.25, -0.2) is 14.4 Å². The second kappa shape index (κ2) is 12.0. The van der Waals surface area contributed by atoms with Crippen LogP contribution in [0, 0.1) is 11.3 Å². The van der Waals surface area contributed by atoms with Crippen molar-refractivity contribution in [1.29, 1.82) is 5.26 Å². The van der Waals surface area contributed by atoms with Crippen molar-refractivity contribution in [3.8, 4) is 17.3 Å². The molecule has 2 aliphatic rings. The van der Waals surface area contributed by atoms with Crippen LogP contribution in [0.4, 0.5) is 4.39 Å². The van der Waals surface area contributed by atoms with Crippen molar-refractivity contribution < 1.29 is 9.18 Å². The van der Waals surface area contributed by atoms with Crippen LogP contribution >= 0.6 is 45.2 Å². The minimum Gasteiger partial charge on any atom is -0.346 e. The molecule has 2 fully saturated rings. The Morgan fingerprint density at radius 2 is 1.98 bits per heavy atom. The summed E-state index contributed by atoms with van der Waals surface area (Å²) in [5, 5.41) is 15.3. The molecule has 3 aromatic heterocycles. The standard InChI is InChI=1S/C30H32FI2N9O/c1-39(2)17-20-11-21(13-23(12-20)30(31,32)33)28(43)41-9-7-40(8-10-41)24-14-29(15-24,4-5-34)42-18-22(16-38-42)26-25-3-6-35-27(25)37-19-36-26/h3,6,11-13,16,18-19,24H,4,7-10,14-15,17H2,1-2H3,(H,35,36,37)/t24-,29+. The number of nitrogens with zero attached hydrogens (tertiary/aromatic N) is 8. The fourth-order valence-corrected chi connectivity index (χ4v) is 6.97. The SMILES string of the molecule is CN(C)Cc1cc(C(=O)N2CCN([C@H]3C[C@@](CC#N)(n4cc(-c5ncnc6[nH]ccc56)cn4)C3)CC2)cc(C(F)(I)I)c1. The van der Waals surface area contributed by atoms with Gasteiger partial charge in [0.05, 0.1) is 29.9 Å². The Labute approximate surface area is 276 Å². The summed E-state index contributed by atoms with van der Waals surface area (Å²) in [6, 6.07) is 10.1. The van der Waals surface area contributed by atoms with Crippen LogP contribution in [0.5, 0.6) is 0 Å². The highest BCUT2D eigenvalue weighted by molar-refractivity contribution is 14.2. The Hall–Kier alpha value is -2.68. The third-order valence-electron chi connectivity index (χ3n) is 8.52. The molecule has 43 heavy (non-hydrogen) atoms. The molecule has 0 unspecified atom stereocenters. The van der Waals surface area contributed by atoms with Crippen molar-refractivity contribution in [2.24, 2.45) is 0 Å². The quantitative estimate of drug-likeness (QED) is 0.196. The summed E-state index contributed by atoms with van der Waals surface area (Å²) in [6.45, 7) is 3.35. The first-order valence-electron chi connectivity index (χ1n) is 14.2. The van der Waals surface area contributed by atoms with Crippen LogP contribution in [-0.4, -0.2) is 91.7 Å². The molecule has 4 aromatic rings. The van der Waals surface area contributed by atoms with E-state index in [2.05, 4.69) is 31.0 Å². The molecule has 13 heteroatoms. The van der Waals surface area contributed by atoms with Crippen LogP contribution in [-0.2, 0) is 13.8 Å². The van der Waals surface area contributed by atoms with Crippen molar-refractivity contribution in [2.45, 2.75) is 39.1 Å². The summed E-state index contributed by atoms with van der Waals surface area (Å²) < 4.78 is 15.2. The van der Waals surface area contributed by atoms with Crippen LogP contribution in [0.3, 0.4) is 0 Å². The van der Waals surface area contributed by atoms with Gasteiger partial charge < -0.3 is 14.8 Å². The third-order valence-corrected chi connectivity index (χ3v) is 9.76. The lowest BCUT2D eigenvalue weighted by Crippen LogP contribution is -2.60. The number of carbonyl (C=O) groups is 1. The largest absolute Gasteiger partial charge is 0.346 e. The number of benzene rings is 1. The minimum absolute atomic E-state index is 0.0590. The van der Waals surface area contributed by atoms with Gasteiger partial charge in [0.15, 0.2) is 0 Å². The zero-order valence-corrected chi connectivity index (χ0v) is 28.3. The van der Waals surface area contributed by atoms with Crippen molar-refractivity contribution in [1.82, 2.24) is 39.4 Å². The van der Waals surface area contributed by atoms with Crippen molar-refractivity contribution >= 4 is 62.1 Å². The number of amides is 1. The molecule has 0 radical (unpaired) electrons. The topological polar surface area (TPSA) is 110 Å². The van der Waals surface area contributed by atoms with Crippen LogP contribution < -0.4 is 0 Å². The van der Waals surface area contributed by atoms with Gasteiger partial charge in [0.25, 0.3) is 5.91 Å². The highest BCUT2D eigenvalue weighted by Crippen LogP contribution is 2.45. The van der Waals surface area contributed by atoms with Gasteiger partial charge in [0.1, 0.15) is 12.0 Å². The highest BCUT2D eigenvalue weighted by atomic mass is 127. The third kappa shape index (κ3) is 6.16. The molecule has 224 valence electrons. The number of halogens is 3. The molecule has 0 spiro atoms. The summed E-state index contributed by atoms with van der Waals surface area (Å²) in [7, 11) is 3.92. The van der Waals surface area contributed by atoms with E-state index in [9.17, 15) is 14.4 Å². The number of nitrogens with one attached hydrogen (secondary N) is 1. The Bertz CT molecular complexity index is 1670. The highest BCUT2D eigenvalue weighted by Gasteiger charge is 2.49. The van der Waals surface area contributed by atoms with Gasteiger partial charge in [-0.15, -0.1) is 0 Å². The number of alkyl halides is 3. The van der Waals surface area contributed by atoms with Gasteiger partial charge in [-0.1, -0.05) is 0 Å². The molecule has 0 atom stereocenters. The van der Waals surface area contributed by atoms with E-state index in [0.29, 0.717) is 43.2 Å². The summed E-state index contributed by atoms with van der Waals surface area (Å²) in [5.41, 5.74) is 4.07. The molecule has 4 heterocycles. The molecule has 1 saturated heterocycles. The van der Waals surface area contributed by atoms with Crippen LogP contribution in [0.25, 0.3) is 22.3 Å². The van der Waals surface area contributed by atoms with Crippen molar-refractivity contribution in [3.63, 3.8) is 0 Å². The average molecular weight is 807 g/mol. The Morgan fingerprint density at radius 1 is 1.21 bits per heavy atom. The molecule has 6 rings (SSSR count). The summed E-state index contributed by atoms with van der Waals surface area (Å²) >= 11 is 3.54. The van der Waals surface area contributed by atoms with E-state index in [1.165, 1.54) is 0 Å². The van der Waals surface area contributed by atoms with Gasteiger partial charge in [-0.05, 0) is 102 Å². The van der Waals surface area contributed by atoms with Crippen molar-refractivity contribution in [3.05, 3.63) is 65.9 Å². The number of H-pyrrole nitrogens is 1. The Balaban J connectivity index is 1.12. The zero-order chi connectivity index (χ0) is 30.4. The Kier molecular flexibility index (Phi) is 8.48. The summed E-state index contributed by atoms with van der Waals surface area (Å²) in [4.78, 5) is 31.7. The molecule has 1 amide bonds. The van der Waals surface area contributed by atoms with Gasteiger partial charge in [0.2, 0.25) is 1.68 Å². The van der Waals surface area contributed by atoms with E-state index < -0.39 is 1.68 Å². The normalized spacial score (nSPS) is 21.2. The number of rotatable bonds is 8. The molecular formula is C30H32FI2N9O. The lowest BCUT2D eigenvalue weighted by molar-refractivity contribution is -0.0158. The fraction of sp³-hybridized carbons (Fsp3) is 0.433. The zero-order valence-electron chi connectivity index (χ0n) is 24.0. The first-order valence-corrected chi connectivity index (χ1v) is 16.3. The van der Waals surface area contributed by atoms with Crippen molar-refractivity contribution in [2.75, 3.05) is 40.3 Å². The predicted molar refractivity (Wildman–Crippen MR) is 178 cm³/mol. The lowest BCUT2D eigenvalue weighted by atomic mass is 9.70. The summed E-state index contributed by atoms with van der Waals surface area (Å²) in [6.07, 6.45) is 9.21. The second-order valence-corrected chi connectivity index (χ2v) is 16.8. The molecule has 1 saturated carbocycles. The Morgan fingerprint density at radius 3 is 2.67 bits per heavy atom. The maximum atomic E-state index is 14.9. The number of piperazine rings is 1. The van der Waals surface area contributed by atoms with Crippen LogP contribution in [0.15, 0.2) is 49.2 Å². The monoisotopic (exact) mass is 807 g/mol. The molecule has 10 nitrogen and oxygen atoms in total. The second-order valence-electron chi connectivity index (χ2n) is 11.7. The summed E-state index contributed by atoms with van der Waals surface area (Å²) in [5.74, 6) is -0.0590. The van der Waals surface area contributed by atoms with E-state index in [0.717, 1.165) is 53.8 Å². The maximum absolute atomic E-state index is 14.9. The van der Waals surface area contributed by atoms with E-state index in [4.69, 9.17) is 0 Å². The van der Waals surface area contributed by atoms with Gasteiger partial charge >= 0.3 is 0 Å². The van der Waals surface area contributed by atoms with Gasteiger partial charge in [-0.3, -0.25) is 14.4 Å². The number of carbonyl (C=O) groups excluding carboxylic acids is 1. The van der Waals surface area contributed by atoms with Crippen LogP contribution in [0.1, 0.15) is 40.7 Å². The number of fused-ring (bicyclic) bond motifs is 1. The minimum atomic E-state index is -1.59. The first-order chi connectivity index (χ1) is 20.6. The number of nitriles is 1. The number of aromatic amines is 1. The van der Waals surface area contributed by atoms with Crippen LogP contribution in [0.2, 0.25) is 0 Å². The van der Waals surface area contributed by atoms with E-state index in [1.54, 1.807) is 57.6 Å². The molecule has 1 aliphatic heterocycles. The maximum Gasteiger partial charge on any atom is 0.253 e. The first kappa shape index (κ1) is 30.4. The predicted octanol–water partition coefficient (Wildman–Crippen LogP) is 5.06. The van der Waals surface area contributed by atoms with Gasteiger partial charge in [-0.2, -0.15) is 10.4 Å². The average Bonchev–Trinajstić information content (AvgIpc) is 3.64. The number of hydrogen-bond donors (Lipinski definition) is 1. The smallest absolute Gasteiger partial charge is 0.253 e. The van der Waals surface area contributed by atoms with E-state index >= 15 is 0 Å². The van der Waals surface area contributed by atoms with Gasteiger partial charge in [0, 0.05) is 73.2 Å². The molecule has 0 bridgehead atoms. The van der Waals surface area contributed by atoms with E-state index in [1.807, 2.05) is 65.4 Å².